The number of amides is 2. The zero-order chi connectivity index (χ0) is 22.1. The molecule has 3 atom stereocenters. The fourth-order valence-electron chi connectivity index (χ4n) is 3.51. The van der Waals surface area contributed by atoms with Crippen molar-refractivity contribution in [1.29, 1.82) is 0 Å². The van der Waals surface area contributed by atoms with Gasteiger partial charge in [0.15, 0.2) is 0 Å². The van der Waals surface area contributed by atoms with Crippen molar-refractivity contribution in [2.45, 2.75) is 58.8 Å². The number of aliphatic hydroxyl groups excluding tert-OH is 1. The minimum Gasteiger partial charge on any atom is -0.391 e. The maximum atomic E-state index is 12.8. The highest BCUT2D eigenvalue weighted by atomic mass is 32.1. The topological polar surface area (TPSA) is 109 Å². The van der Waals surface area contributed by atoms with Crippen LogP contribution in [0.3, 0.4) is 0 Å². The standard InChI is InChI=1S/C22H30N4O3S/c1-13-18(30-12-25-13)15-7-5-14(6-8-15)10-24-20(28)17-9-16(27)11-26(17)21(29)19(23)22(2,3)4/h5-8,12,16-17,19,27H,9-11,23H2,1-4H3,(H,24,28)/t16-,17-,19+/m1/s1. The molecule has 4 N–H and O–H groups in total. The molecule has 0 bridgehead atoms. The number of carbonyl (C=O) groups excluding carboxylic acids is 2. The summed E-state index contributed by atoms with van der Waals surface area (Å²) in [6.07, 6.45) is -0.503. The number of aliphatic hydroxyl groups is 1. The lowest BCUT2D eigenvalue weighted by Gasteiger charge is -2.32. The van der Waals surface area contributed by atoms with E-state index >= 15 is 0 Å². The average molecular weight is 431 g/mol. The first-order valence-electron chi connectivity index (χ1n) is 10.1. The fourth-order valence-corrected chi connectivity index (χ4v) is 4.33. The Morgan fingerprint density at radius 2 is 2.00 bits per heavy atom. The molecule has 2 aromatic rings. The van der Waals surface area contributed by atoms with Crippen molar-refractivity contribution >= 4 is 23.2 Å². The summed E-state index contributed by atoms with van der Waals surface area (Å²) < 4.78 is 0. The molecule has 2 amide bonds. The van der Waals surface area contributed by atoms with Crippen molar-refractivity contribution in [1.82, 2.24) is 15.2 Å². The quantitative estimate of drug-likeness (QED) is 0.673. The predicted octanol–water partition coefficient (Wildman–Crippen LogP) is 2.07. The molecule has 7 nitrogen and oxygen atoms in total. The monoisotopic (exact) mass is 430 g/mol. The van der Waals surface area contributed by atoms with E-state index in [1.165, 1.54) is 4.90 Å². The van der Waals surface area contributed by atoms with E-state index in [4.69, 9.17) is 5.73 Å². The Kier molecular flexibility index (Phi) is 6.59. The third-order valence-electron chi connectivity index (χ3n) is 5.49. The molecule has 8 heteroatoms. The first-order chi connectivity index (χ1) is 14.1. The lowest BCUT2D eigenvalue weighted by Crippen LogP contribution is -2.54. The number of β-amino-alcohol motifs (C(OH)–C–C–N with tert-alkyl or cyclic N) is 1. The molecule has 0 aliphatic carbocycles. The van der Waals surface area contributed by atoms with Crippen LogP contribution in [-0.2, 0) is 16.1 Å². The molecule has 0 radical (unpaired) electrons. The van der Waals surface area contributed by atoms with Crippen molar-refractivity contribution in [2.75, 3.05) is 6.54 Å². The number of nitrogens with zero attached hydrogens (tertiary/aromatic N) is 2. The van der Waals surface area contributed by atoms with Crippen molar-refractivity contribution in [3.8, 4) is 10.4 Å². The minimum absolute atomic E-state index is 0.129. The Hall–Kier alpha value is -2.29. The summed E-state index contributed by atoms with van der Waals surface area (Å²) in [5.74, 6) is -0.577. The highest BCUT2D eigenvalue weighted by molar-refractivity contribution is 7.13. The number of nitrogens with two attached hydrogens (primary N) is 1. The summed E-state index contributed by atoms with van der Waals surface area (Å²) in [5.41, 5.74) is 10.6. The molecule has 0 saturated carbocycles. The number of hydrogen-bond donors (Lipinski definition) is 3. The number of carbonyl (C=O) groups is 2. The number of rotatable bonds is 5. The second kappa shape index (κ2) is 8.83. The number of aryl methyl sites for hydroxylation is 1. The molecule has 30 heavy (non-hydrogen) atoms. The molecule has 0 unspecified atom stereocenters. The van der Waals surface area contributed by atoms with Crippen molar-refractivity contribution in [2.24, 2.45) is 11.1 Å². The van der Waals surface area contributed by atoms with Crippen LogP contribution in [0.5, 0.6) is 0 Å². The predicted molar refractivity (Wildman–Crippen MR) is 118 cm³/mol. The van der Waals surface area contributed by atoms with E-state index in [-0.39, 0.29) is 24.8 Å². The zero-order valence-electron chi connectivity index (χ0n) is 17.9. The number of nitrogens with one attached hydrogen (secondary N) is 1. The van der Waals surface area contributed by atoms with Gasteiger partial charge in [-0.25, -0.2) is 4.98 Å². The van der Waals surface area contributed by atoms with Gasteiger partial charge < -0.3 is 21.1 Å². The molecule has 0 spiro atoms. The van der Waals surface area contributed by atoms with Crippen LogP contribution < -0.4 is 11.1 Å². The maximum absolute atomic E-state index is 12.8. The summed E-state index contributed by atoms with van der Waals surface area (Å²) in [5, 5.41) is 13.0. The second-order valence-electron chi connectivity index (χ2n) is 8.92. The molecular weight excluding hydrogens is 400 g/mol. The van der Waals surface area contributed by atoms with Gasteiger partial charge in [0.05, 0.1) is 28.2 Å². The molecule has 2 heterocycles. The smallest absolute Gasteiger partial charge is 0.243 e. The van der Waals surface area contributed by atoms with Crippen LogP contribution in [0.25, 0.3) is 10.4 Å². The van der Waals surface area contributed by atoms with Crippen LogP contribution >= 0.6 is 11.3 Å². The Labute approximate surface area is 181 Å². The first kappa shape index (κ1) is 22.4. The van der Waals surface area contributed by atoms with Gasteiger partial charge in [-0.2, -0.15) is 0 Å². The van der Waals surface area contributed by atoms with Crippen molar-refractivity contribution in [3.63, 3.8) is 0 Å². The molecule has 1 saturated heterocycles. The Morgan fingerprint density at radius 3 is 2.57 bits per heavy atom. The van der Waals surface area contributed by atoms with Gasteiger partial charge in [0, 0.05) is 19.5 Å². The Morgan fingerprint density at radius 1 is 1.33 bits per heavy atom. The van der Waals surface area contributed by atoms with Crippen LogP contribution in [0.4, 0.5) is 0 Å². The SMILES string of the molecule is Cc1ncsc1-c1ccc(CNC(=O)[C@H]2C[C@@H](O)CN2C(=O)[C@H](N)C(C)(C)C)cc1. The van der Waals surface area contributed by atoms with Gasteiger partial charge in [-0.3, -0.25) is 9.59 Å². The highest BCUT2D eigenvalue weighted by Crippen LogP contribution is 2.27. The van der Waals surface area contributed by atoms with Gasteiger partial charge in [-0.15, -0.1) is 11.3 Å². The summed E-state index contributed by atoms with van der Waals surface area (Å²) in [6, 6.07) is 6.52. The molecule has 1 aromatic heterocycles. The number of hydrogen-bond acceptors (Lipinski definition) is 6. The van der Waals surface area contributed by atoms with Gasteiger partial charge in [0.2, 0.25) is 11.8 Å². The first-order valence-corrected chi connectivity index (χ1v) is 11.0. The van der Waals surface area contributed by atoms with Crippen molar-refractivity contribution in [3.05, 3.63) is 41.0 Å². The third kappa shape index (κ3) is 4.88. The van der Waals surface area contributed by atoms with Crippen LogP contribution in [0.15, 0.2) is 29.8 Å². The molecule has 1 aliphatic rings. The van der Waals surface area contributed by atoms with E-state index in [9.17, 15) is 14.7 Å². The molecule has 1 fully saturated rings. The summed E-state index contributed by atoms with van der Waals surface area (Å²) in [4.78, 5) is 32.4. The van der Waals surface area contributed by atoms with Gasteiger partial charge in [0.25, 0.3) is 0 Å². The van der Waals surface area contributed by atoms with E-state index < -0.39 is 23.6 Å². The molecule has 162 valence electrons. The van der Waals surface area contributed by atoms with Gasteiger partial charge in [-0.1, -0.05) is 45.0 Å². The van der Waals surface area contributed by atoms with Crippen LogP contribution in [0, 0.1) is 12.3 Å². The normalized spacial score (nSPS) is 20.3. The summed E-state index contributed by atoms with van der Waals surface area (Å²) >= 11 is 1.60. The molecular formula is C22H30N4O3S. The Bertz CT molecular complexity index is 904. The van der Waals surface area contributed by atoms with E-state index in [0.717, 1.165) is 21.7 Å². The largest absolute Gasteiger partial charge is 0.391 e. The van der Waals surface area contributed by atoms with Crippen LogP contribution in [0.1, 0.15) is 38.4 Å². The van der Waals surface area contributed by atoms with Gasteiger partial charge >= 0.3 is 0 Å². The lowest BCUT2D eigenvalue weighted by atomic mass is 9.86. The van der Waals surface area contributed by atoms with E-state index in [0.29, 0.717) is 6.54 Å². The summed E-state index contributed by atoms with van der Waals surface area (Å²) in [7, 11) is 0. The van der Waals surface area contributed by atoms with E-state index in [1.54, 1.807) is 11.3 Å². The number of likely N-dealkylation sites (tertiary alicyclic amines) is 1. The lowest BCUT2D eigenvalue weighted by molar-refractivity contribution is -0.141. The molecule has 1 aromatic carbocycles. The second-order valence-corrected chi connectivity index (χ2v) is 9.78. The Balaban J connectivity index is 1.63. The number of thiazole rings is 1. The number of benzene rings is 1. The van der Waals surface area contributed by atoms with Crippen LogP contribution in [0.2, 0.25) is 0 Å². The van der Waals surface area contributed by atoms with Gasteiger partial charge in [0.1, 0.15) is 6.04 Å². The van der Waals surface area contributed by atoms with E-state index in [1.807, 2.05) is 57.5 Å². The van der Waals surface area contributed by atoms with E-state index in [2.05, 4.69) is 10.3 Å². The molecule has 3 rings (SSSR count). The molecule has 1 aliphatic heterocycles. The van der Waals surface area contributed by atoms with Crippen LogP contribution in [-0.4, -0.2) is 51.5 Å². The minimum atomic E-state index is -0.735. The zero-order valence-corrected chi connectivity index (χ0v) is 18.7. The fraction of sp³-hybridized carbons (Fsp3) is 0.500. The average Bonchev–Trinajstić information content (AvgIpc) is 3.30. The van der Waals surface area contributed by atoms with Crippen molar-refractivity contribution < 1.29 is 14.7 Å². The maximum Gasteiger partial charge on any atom is 0.243 e. The highest BCUT2D eigenvalue weighted by Gasteiger charge is 2.42. The third-order valence-corrected chi connectivity index (χ3v) is 6.47. The van der Waals surface area contributed by atoms with Gasteiger partial charge in [-0.05, 0) is 23.5 Å². The summed E-state index contributed by atoms with van der Waals surface area (Å²) in [6.45, 7) is 8.11. The number of aromatic nitrogens is 1.